The first-order valence-corrected chi connectivity index (χ1v) is 11.1. The summed E-state index contributed by atoms with van der Waals surface area (Å²) in [5.74, 6) is -2.63. The highest BCUT2D eigenvalue weighted by Gasteiger charge is 2.50. The first-order chi connectivity index (χ1) is 15.3. The van der Waals surface area contributed by atoms with Crippen molar-refractivity contribution in [2.24, 2.45) is 23.5 Å². The molecule has 0 bridgehead atoms. The van der Waals surface area contributed by atoms with E-state index in [2.05, 4.69) is 4.99 Å². The molecule has 0 saturated carbocycles. The van der Waals surface area contributed by atoms with E-state index < -0.39 is 58.7 Å². The summed E-state index contributed by atoms with van der Waals surface area (Å²) in [5, 5.41) is 30.0. The molecular formula is C18H22N4O10S. The minimum atomic E-state index is -4.15. The van der Waals surface area contributed by atoms with Gasteiger partial charge in [0.2, 0.25) is 6.29 Å². The first-order valence-electron chi connectivity index (χ1n) is 9.31. The molecule has 5 atom stereocenters. The summed E-state index contributed by atoms with van der Waals surface area (Å²) in [5.41, 5.74) is 11.2. The number of aromatic nitrogens is 1. The normalized spacial score (nSPS) is 25.5. The number of nitrogens with zero attached hydrogens (tertiary/aromatic N) is 2. The lowest BCUT2D eigenvalue weighted by Gasteiger charge is -2.39. The van der Waals surface area contributed by atoms with E-state index in [9.17, 15) is 33.3 Å². The van der Waals surface area contributed by atoms with Crippen molar-refractivity contribution in [3.63, 3.8) is 0 Å². The highest BCUT2D eigenvalue weighted by Crippen LogP contribution is 2.30. The third-order valence-corrected chi connectivity index (χ3v) is 5.36. The van der Waals surface area contributed by atoms with Gasteiger partial charge in [0.05, 0.1) is 6.26 Å². The molecule has 1 aliphatic heterocycles. The van der Waals surface area contributed by atoms with Crippen LogP contribution in [0.25, 0.3) is 10.9 Å². The second-order valence-corrected chi connectivity index (χ2v) is 8.88. The van der Waals surface area contributed by atoms with E-state index in [0.717, 1.165) is 0 Å². The molecule has 1 fully saturated rings. The number of guanidine groups is 1. The number of hydrogen-bond donors (Lipinski definition) is 5. The van der Waals surface area contributed by atoms with E-state index in [-0.39, 0.29) is 11.4 Å². The van der Waals surface area contributed by atoms with Crippen molar-refractivity contribution in [3.8, 4) is 5.75 Å². The molecule has 1 saturated heterocycles. The average Bonchev–Trinajstić information content (AvgIpc) is 3.02. The Morgan fingerprint density at radius 3 is 2.42 bits per heavy atom. The molecule has 2 heterocycles. The molecule has 0 spiro atoms. The molecule has 3 rings (SSSR count). The van der Waals surface area contributed by atoms with Gasteiger partial charge in [0.1, 0.15) is 23.7 Å². The first kappa shape index (κ1) is 24.4. The van der Waals surface area contributed by atoms with E-state index in [1.165, 1.54) is 22.8 Å². The van der Waals surface area contributed by atoms with Crippen molar-refractivity contribution in [3.05, 3.63) is 30.0 Å². The van der Waals surface area contributed by atoms with Crippen molar-refractivity contribution in [1.82, 2.24) is 4.57 Å². The number of fused-ring (bicyclic) bond motifs is 1. The van der Waals surface area contributed by atoms with E-state index in [1.54, 1.807) is 13.1 Å². The molecule has 1 aliphatic rings. The zero-order chi connectivity index (χ0) is 24.7. The number of aliphatic hydroxyl groups excluding tert-OH is 2. The second-order valence-electron chi connectivity index (χ2n) is 7.28. The Hall–Kier alpha value is -3.24. The summed E-state index contributed by atoms with van der Waals surface area (Å²) in [6, 6.07) is 5.93. The van der Waals surface area contributed by atoms with Crippen LogP contribution in [0.5, 0.6) is 5.75 Å². The maximum Gasteiger partial charge on any atom is 0.335 e. The monoisotopic (exact) mass is 486 g/mol. The lowest BCUT2D eigenvalue weighted by molar-refractivity contribution is -0.264. The van der Waals surface area contributed by atoms with Crippen LogP contribution >= 0.6 is 0 Å². The van der Waals surface area contributed by atoms with Gasteiger partial charge in [-0.2, -0.15) is 13.4 Å². The molecule has 33 heavy (non-hydrogen) atoms. The Morgan fingerprint density at radius 2 is 1.85 bits per heavy atom. The molecule has 2 aromatic rings. The Labute approximate surface area is 187 Å². The lowest BCUT2D eigenvalue weighted by Crippen LogP contribution is -2.62. The van der Waals surface area contributed by atoms with Crippen LogP contribution < -0.4 is 16.2 Å². The maximum absolute atomic E-state index is 12.2. The van der Waals surface area contributed by atoms with Crippen molar-refractivity contribution in [1.29, 1.82) is 0 Å². The van der Waals surface area contributed by atoms with Gasteiger partial charge in [-0.25, -0.2) is 4.79 Å². The van der Waals surface area contributed by atoms with Gasteiger partial charge < -0.3 is 40.8 Å². The molecule has 1 aromatic heterocycles. The maximum atomic E-state index is 12.2. The third kappa shape index (κ3) is 5.23. The van der Waals surface area contributed by atoms with Crippen molar-refractivity contribution < 1.29 is 47.0 Å². The number of carboxylic acids is 1. The van der Waals surface area contributed by atoms with Crippen LogP contribution in [0.2, 0.25) is 0 Å². The molecule has 180 valence electrons. The molecule has 14 nitrogen and oxygen atoms in total. The Bertz CT molecular complexity index is 1220. The standard InChI is InChI=1S/C18H22N4O10S/c1-22-9-4-3-8(5-7(9)6-10(22)15(25)21-18(19)20)30-17-14(32-33(2,28)29)12(24)11(23)13(31-17)16(26)27/h3-6,11-14,17,23-24H,1-2H3,(H,26,27)(H4,19,20,21,25)/t11-,12-,13-,14+,17?/m0/s1. The number of rotatable bonds is 6. The van der Waals surface area contributed by atoms with E-state index >= 15 is 0 Å². The van der Waals surface area contributed by atoms with Crippen LogP contribution in [0.1, 0.15) is 10.5 Å². The van der Waals surface area contributed by atoms with Crippen LogP contribution in [0.4, 0.5) is 0 Å². The van der Waals surface area contributed by atoms with Gasteiger partial charge >= 0.3 is 5.97 Å². The summed E-state index contributed by atoms with van der Waals surface area (Å²) >= 11 is 0. The van der Waals surface area contributed by atoms with Gasteiger partial charge in [-0.1, -0.05) is 0 Å². The minimum absolute atomic E-state index is 0.0637. The summed E-state index contributed by atoms with van der Waals surface area (Å²) in [6.07, 6.45) is -8.62. The van der Waals surface area contributed by atoms with Gasteiger partial charge in [-0.05, 0) is 24.3 Å². The quantitative estimate of drug-likeness (QED) is 0.167. The average molecular weight is 486 g/mol. The topological polar surface area (TPSA) is 226 Å². The number of amides is 1. The molecule has 1 unspecified atom stereocenters. The van der Waals surface area contributed by atoms with Crippen molar-refractivity contribution in [2.75, 3.05) is 6.26 Å². The number of ether oxygens (including phenoxy) is 2. The second kappa shape index (κ2) is 8.95. The van der Waals surface area contributed by atoms with Gasteiger partial charge in [0.25, 0.3) is 16.0 Å². The largest absolute Gasteiger partial charge is 0.479 e. The van der Waals surface area contributed by atoms with Crippen LogP contribution in [0, 0.1) is 0 Å². The number of aryl methyl sites for hydroxylation is 1. The molecule has 0 aliphatic carbocycles. The number of carbonyl (C=O) groups excluding carboxylic acids is 1. The summed E-state index contributed by atoms with van der Waals surface area (Å²) in [7, 11) is -2.55. The van der Waals surface area contributed by atoms with E-state index in [1.807, 2.05) is 0 Å². The molecule has 1 amide bonds. The van der Waals surface area contributed by atoms with Gasteiger partial charge in [0.15, 0.2) is 18.2 Å². The summed E-state index contributed by atoms with van der Waals surface area (Å²) in [4.78, 5) is 27.1. The van der Waals surface area contributed by atoms with Crippen molar-refractivity contribution in [2.45, 2.75) is 30.7 Å². The third-order valence-electron chi connectivity index (χ3n) is 4.79. The van der Waals surface area contributed by atoms with Crippen LogP contribution in [-0.4, -0.2) is 83.1 Å². The molecule has 1 aromatic carbocycles. The molecule has 7 N–H and O–H groups in total. The van der Waals surface area contributed by atoms with Gasteiger partial charge in [-0.3, -0.25) is 8.98 Å². The number of benzene rings is 1. The zero-order valence-corrected chi connectivity index (χ0v) is 18.2. The number of carbonyl (C=O) groups is 2. The van der Waals surface area contributed by atoms with Crippen molar-refractivity contribution >= 4 is 38.9 Å². The predicted octanol–water partition coefficient (Wildman–Crippen LogP) is -2.15. The summed E-state index contributed by atoms with van der Waals surface area (Å²) < 4.78 is 40.3. The molecular weight excluding hydrogens is 464 g/mol. The number of aliphatic carboxylic acids is 1. The number of nitrogens with two attached hydrogens (primary N) is 2. The minimum Gasteiger partial charge on any atom is -0.479 e. The van der Waals surface area contributed by atoms with Gasteiger partial charge in [-0.15, -0.1) is 0 Å². The number of aliphatic imine (C=N–C) groups is 1. The predicted molar refractivity (Wildman–Crippen MR) is 112 cm³/mol. The number of aliphatic hydroxyl groups is 2. The fourth-order valence-corrected chi connectivity index (χ4v) is 3.96. The highest BCUT2D eigenvalue weighted by atomic mass is 32.2. The fourth-order valence-electron chi connectivity index (χ4n) is 3.35. The molecule has 0 radical (unpaired) electrons. The van der Waals surface area contributed by atoms with E-state index in [4.69, 9.17) is 25.1 Å². The summed E-state index contributed by atoms with van der Waals surface area (Å²) in [6.45, 7) is 0. The Balaban J connectivity index is 1.95. The van der Waals surface area contributed by atoms with Crippen LogP contribution in [0.3, 0.4) is 0 Å². The van der Waals surface area contributed by atoms with Gasteiger partial charge in [0, 0.05) is 18.0 Å². The van der Waals surface area contributed by atoms with E-state index in [0.29, 0.717) is 17.2 Å². The van der Waals surface area contributed by atoms with Crippen LogP contribution in [0.15, 0.2) is 29.3 Å². The Kier molecular flexibility index (Phi) is 6.62. The highest BCUT2D eigenvalue weighted by molar-refractivity contribution is 7.86. The lowest BCUT2D eigenvalue weighted by atomic mass is 9.99. The number of carboxylic acid groups (broad SMARTS) is 1. The number of hydrogen-bond acceptors (Lipinski definition) is 9. The SMILES string of the molecule is Cn1c(C(=O)N=C(N)N)cc2cc(OC3O[C@H](C(=O)O)[C@@H](O)[C@H](O)[C@H]3OS(C)(=O)=O)ccc21. The smallest absolute Gasteiger partial charge is 0.335 e. The zero-order valence-electron chi connectivity index (χ0n) is 17.4. The van der Waals surface area contributed by atoms with Crippen LogP contribution in [-0.2, 0) is 30.9 Å². The Morgan fingerprint density at radius 1 is 1.18 bits per heavy atom. The molecule has 15 heteroatoms. The fraction of sp³-hybridized carbons (Fsp3) is 0.389.